The highest BCUT2D eigenvalue weighted by Crippen LogP contribution is 2.29. The van der Waals surface area contributed by atoms with Crippen molar-refractivity contribution in [2.24, 2.45) is 5.92 Å². The number of nitrogens with zero attached hydrogens (tertiary/aromatic N) is 1. The van der Waals surface area contributed by atoms with Crippen LogP contribution < -0.4 is 5.32 Å². The van der Waals surface area contributed by atoms with E-state index >= 15 is 0 Å². The molecule has 1 saturated heterocycles. The molecular weight excluding hydrogens is 176 g/mol. The highest BCUT2D eigenvalue weighted by Gasteiger charge is 2.31. The van der Waals surface area contributed by atoms with Crippen molar-refractivity contribution in [3.63, 3.8) is 0 Å². The Bertz CT molecular complexity index is 213. The number of hydrogen-bond acceptors (Lipinski definition) is 2. The Morgan fingerprint density at radius 1 is 1.43 bits per heavy atom. The molecule has 2 rings (SSSR count). The van der Waals surface area contributed by atoms with Gasteiger partial charge in [0, 0.05) is 18.5 Å². The van der Waals surface area contributed by atoms with Gasteiger partial charge in [-0.25, -0.2) is 0 Å². The number of carbonyl (C=O) groups excluding carboxylic acids is 1. The molecule has 1 heterocycles. The largest absolute Gasteiger partial charge is 0.352 e. The molecule has 1 unspecified atom stereocenters. The average molecular weight is 196 g/mol. The van der Waals surface area contributed by atoms with Gasteiger partial charge in [-0.1, -0.05) is 6.92 Å². The molecule has 80 valence electrons. The van der Waals surface area contributed by atoms with Crippen LogP contribution in [-0.2, 0) is 4.79 Å². The summed E-state index contributed by atoms with van der Waals surface area (Å²) in [5.41, 5.74) is 0. The molecule has 2 fully saturated rings. The Hall–Kier alpha value is -0.570. The summed E-state index contributed by atoms with van der Waals surface area (Å²) in [6, 6.07) is 0.414. The zero-order valence-corrected chi connectivity index (χ0v) is 8.96. The Morgan fingerprint density at radius 3 is 2.86 bits per heavy atom. The number of likely N-dealkylation sites (tertiary alicyclic amines) is 1. The van der Waals surface area contributed by atoms with Crippen molar-refractivity contribution in [2.45, 2.75) is 38.6 Å². The highest BCUT2D eigenvalue weighted by molar-refractivity contribution is 5.81. The Kier molecular flexibility index (Phi) is 3.06. The number of piperidine rings is 1. The van der Waals surface area contributed by atoms with E-state index in [1.165, 1.54) is 13.0 Å². The Morgan fingerprint density at radius 2 is 2.21 bits per heavy atom. The lowest BCUT2D eigenvalue weighted by molar-refractivity contribution is -0.123. The number of nitrogens with one attached hydrogen (secondary N) is 1. The molecule has 2 aliphatic rings. The normalized spacial score (nSPS) is 28.8. The van der Waals surface area contributed by atoms with Crippen LogP contribution in [0.2, 0.25) is 0 Å². The molecule has 0 aromatic rings. The van der Waals surface area contributed by atoms with Crippen LogP contribution in [0.3, 0.4) is 0 Å². The predicted molar refractivity (Wildman–Crippen MR) is 56.0 cm³/mol. The Balaban J connectivity index is 1.76. The van der Waals surface area contributed by atoms with Crippen molar-refractivity contribution in [3.8, 4) is 0 Å². The zero-order valence-electron chi connectivity index (χ0n) is 8.96. The summed E-state index contributed by atoms with van der Waals surface area (Å²) in [6.45, 7) is 5.54. The molecule has 0 spiro atoms. The fourth-order valence-electron chi connectivity index (χ4n) is 2.13. The average Bonchev–Trinajstić information content (AvgIpc) is 3.01. The van der Waals surface area contributed by atoms with E-state index in [1.807, 2.05) is 0 Å². The first-order valence-corrected chi connectivity index (χ1v) is 5.82. The second-order valence-corrected chi connectivity index (χ2v) is 4.52. The molecule has 1 aliphatic heterocycles. The Labute approximate surface area is 85.8 Å². The van der Waals surface area contributed by atoms with Crippen LogP contribution in [0.1, 0.15) is 32.6 Å². The number of rotatable bonds is 3. The molecule has 1 saturated carbocycles. The van der Waals surface area contributed by atoms with E-state index in [4.69, 9.17) is 0 Å². The quantitative estimate of drug-likeness (QED) is 0.730. The molecule has 0 aromatic carbocycles. The van der Waals surface area contributed by atoms with Gasteiger partial charge in [0.25, 0.3) is 0 Å². The fraction of sp³-hybridized carbons (Fsp3) is 0.909. The molecule has 14 heavy (non-hydrogen) atoms. The van der Waals surface area contributed by atoms with Gasteiger partial charge in [-0.05, 0) is 38.8 Å². The van der Waals surface area contributed by atoms with Crippen molar-refractivity contribution >= 4 is 5.91 Å². The zero-order chi connectivity index (χ0) is 9.97. The van der Waals surface area contributed by atoms with Crippen molar-refractivity contribution in [3.05, 3.63) is 0 Å². The number of hydrogen-bond donors (Lipinski definition) is 1. The molecule has 0 bridgehead atoms. The third kappa shape index (κ3) is 2.47. The van der Waals surface area contributed by atoms with Gasteiger partial charge in [-0.3, -0.25) is 4.79 Å². The van der Waals surface area contributed by atoms with Gasteiger partial charge in [-0.15, -0.1) is 0 Å². The molecule has 1 amide bonds. The number of likely N-dealkylation sites (N-methyl/N-ethyl adjacent to an activating group) is 1. The van der Waals surface area contributed by atoms with Crippen LogP contribution in [0.5, 0.6) is 0 Å². The maximum Gasteiger partial charge on any atom is 0.223 e. The van der Waals surface area contributed by atoms with E-state index in [2.05, 4.69) is 17.1 Å². The second-order valence-electron chi connectivity index (χ2n) is 4.52. The summed E-state index contributed by atoms with van der Waals surface area (Å²) >= 11 is 0. The van der Waals surface area contributed by atoms with E-state index in [-0.39, 0.29) is 0 Å². The lowest BCUT2D eigenvalue weighted by atomic mass is 10.1. The number of amides is 1. The third-order valence-electron chi connectivity index (χ3n) is 3.25. The SMILES string of the molecule is CCN1CCCC(NC(=O)C2CC2)C1. The van der Waals surface area contributed by atoms with E-state index in [1.54, 1.807) is 0 Å². The van der Waals surface area contributed by atoms with Crippen LogP contribution in [0.4, 0.5) is 0 Å². The molecular formula is C11H20N2O. The van der Waals surface area contributed by atoms with Crippen molar-refractivity contribution in [1.29, 1.82) is 0 Å². The molecule has 1 N–H and O–H groups in total. The summed E-state index contributed by atoms with van der Waals surface area (Å²) in [4.78, 5) is 14.0. The summed E-state index contributed by atoms with van der Waals surface area (Å²) in [7, 11) is 0. The van der Waals surface area contributed by atoms with Gasteiger partial charge in [0.2, 0.25) is 5.91 Å². The minimum atomic E-state index is 0.299. The topological polar surface area (TPSA) is 32.3 Å². The van der Waals surface area contributed by atoms with Gasteiger partial charge < -0.3 is 10.2 Å². The first kappa shape index (κ1) is 9.97. The van der Waals surface area contributed by atoms with Gasteiger partial charge >= 0.3 is 0 Å². The van der Waals surface area contributed by atoms with Gasteiger partial charge in [0.1, 0.15) is 0 Å². The van der Waals surface area contributed by atoms with Crippen LogP contribution in [-0.4, -0.2) is 36.5 Å². The summed E-state index contributed by atoms with van der Waals surface area (Å²) < 4.78 is 0. The van der Waals surface area contributed by atoms with Crippen molar-refractivity contribution in [1.82, 2.24) is 10.2 Å². The molecule has 1 aliphatic carbocycles. The van der Waals surface area contributed by atoms with Crippen LogP contribution in [0.15, 0.2) is 0 Å². The van der Waals surface area contributed by atoms with Crippen LogP contribution >= 0.6 is 0 Å². The van der Waals surface area contributed by atoms with Gasteiger partial charge in [-0.2, -0.15) is 0 Å². The molecule has 3 nitrogen and oxygen atoms in total. The van der Waals surface area contributed by atoms with Crippen molar-refractivity contribution in [2.75, 3.05) is 19.6 Å². The maximum absolute atomic E-state index is 11.5. The first-order chi connectivity index (χ1) is 6.79. The van der Waals surface area contributed by atoms with E-state index in [9.17, 15) is 4.79 Å². The summed E-state index contributed by atoms with van der Waals surface area (Å²) in [6.07, 6.45) is 4.60. The first-order valence-electron chi connectivity index (χ1n) is 5.82. The van der Waals surface area contributed by atoms with Gasteiger partial charge in [0.05, 0.1) is 0 Å². The number of carbonyl (C=O) groups is 1. The standard InChI is InChI=1S/C11H20N2O/c1-2-13-7-3-4-10(8-13)12-11(14)9-5-6-9/h9-10H,2-8H2,1H3,(H,12,14). The molecule has 1 atom stereocenters. The van der Waals surface area contributed by atoms with E-state index < -0.39 is 0 Å². The summed E-state index contributed by atoms with van der Waals surface area (Å²) in [5, 5.41) is 3.16. The van der Waals surface area contributed by atoms with E-state index in [0.29, 0.717) is 17.9 Å². The molecule has 0 radical (unpaired) electrons. The van der Waals surface area contributed by atoms with Gasteiger partial charge in [0.15, 0.2) is 0 Å². The third-order valence-corrected chi connectivity index (χ3v) is 3.25. The lowest BCUT2D eigenvalue weighted by Crippen LogP contribution is -2.47. The maximum atomic E-state index is 11.5. The monoisotopic (exact) mass is 196 g/mol. The molecule has 0 aromatic heterocycles. The van der Waals surface area contributed by atoms with Crippen LogP contribution in [0.25, 0.3) is 0 Å². The van der Waals surface area contributed by atoms with E-state index in [0.717, 1.165) is 32.4 Å². The highest BCUT2D eigenvalue weighted by atomic mass is 16.2. The summed E-state index contributed by atoms with van der Waals surface area (Å²) in [5.74, 6) is 0.653. The van der Waals surface area contributed by atoms with Crippen LogP contribution in [0, 0.1) is 5.92 Å². The predicted octanol–water partition coefficient (Wildman–Crippen LogP) is 0.997. The smallest absolute Gasteiger partial charge is 0.223 e. The second kappa shape index (κ2) is 4.30. The minimum Gasteiger partial charge on any atom is -0.352 e. The lowest BCUT2D eigenvalue weighted by Gasteiger charge is -2.32. The molecule has 3 heteroatoms. The minimum absolute atomic E-state index is 0.299. The fourth-order valence-corrected chi connectivity index (χ4v) is 2.13. The van der Waals surface area contributed by atoms with Crippen molar-refractivity contribution < 1.29 is 4.79 Å².